The second kappa shape index (κ2) is 5.42. The first-order valence-corrected chi connectivity index (χ1v) is 5.05. The van der Waals surface area contributed by atoms with Crippen molar-refractivity contribution in [3.63, 3.8) is 0 Å². The van der Waals surface area contributed by atoms with Gasteiger partial charge in [0.15, 0.2) is 5.75 Å². The number of rotatable bonds is 3. The van der Waals surface area contributed by atoms with E-state index < -0.39 is 5.97 Å². The lowest BCUT2D eigenvalue weighted by atomic mass is 10.1. The first-order chi connectivity index (χ1) is 7.54. The third-order valence-electron chi connectivity index (χ3n) is 1.81. The van der Waals surface area contributed by atoms with Crippen LogP contribution in [0.3, 0.4) is 0 Å². The highest BCUT2D eigenvalue weighted by molar-refractivity contribution is 6.32. The Morgan fingerprint density at radius 2 is 2.31 bits per heavy atom. The van der Waals surface area contributed by atoms with Gasteiger partial charge in [0.2, 0.25) is 0 Å². The van der Waals surface area contributed by atoms with E-state index in [1.807, 2.05) is 0 Å². The van der Waals surface area contributed by atoms with Crippen LogP contribution in [0.2, 0.25) is 5.02 Å². The van der Waals surface area contributed by atoms with Gasteiger partial charge in [-0.1, -0.05) is 11.6 Å². The number of carbonyl (C=O) groups excluding carboxylic acids is 1. The standard InChI is InChI=1S/C11H12ClNO3/c1-2-16-10(14)4-3-7-5-8(12)11(15)9(13)6-7/h3-6,15H,2,13H2,1H3/b4-3+. The van der Waals surface area contributed by atoms with E-state index >= 15 is 0 Å². The Morgan fingerprint density at radius 3 is 2.88 bits per heavy atom. The lowest BCUT2D eigenvalue weighted by molar-refractivity contribution is -0.137. The fraction of sp³-hybridized carbons (Fsp3) is 0.182. The molecule has 0 heterocycles. The molecule has 3 N–H and O–H groups in total. The van der Waals surface area contributed by atoms with Gasteiger partial charge in [0.25, 0.3) is 0 Å². The summed E-state index contributed by atoms with van der Waals surface area (Å²) < 4.78 is 4.71. The molecule has 0 atom stereocenters. The summed E-state index contributed by atoms with van der Waals surface area (Å²) >= 11 is 5.72. The summed E-state index contributed by atoms with van der Waals surface area (Å²) in [6.07, 6.45) is 2.78. The van der Waals surface area contributed by atoms with Crippen LogP contribution in [0.25, 0.3) is 6.08 Å². The van der Waals surface area contributed by atoms with Crippen LogP contribution in [0, 0.1) is 0 Å². The monoisotopic (exact) mass is 241 g/mol. The topological polar surface area (TPSA) is 72.5 Å². The number of ether oxygens (including phenoxy) is 1. The van der Waals surface area contributed by atoms with Gasteiger partial charge in [-0.05, 0) is 30.7 Å². The van der Waals surface area contributed by atoms with Gasteiger partial charge in [0, 0.05) is 6.08 Å². The number of halogens is 1. The normalized spacial score (nSPS) is 10.6. The molecule has 5 heteroatoms. The summed E-state index contributed by atoms with van der Waals surface area (Å²) in [7, 11) is 0. The van der Waals surface area contributed by atoms with E-state index in [2.05, 4.69) is 0 Å². The number of phenolic OH excluding ortho intramolecular Hbond substituents is 1. The average Bonchev–Trinajstić information content (AvgIpc) is 2.23. The van der Waals surface area contributed by atoms with E-state index in [0.29, 0.717) is 12.2 Å². The molecule has 0 saturated carbocycles. The lowest BCUT2D eigenvalue weighted by Crippen LogP contribution is -1.98. The minimum Gasteiger partial charge on any atom is -0.504 e. The molecule has 0 unspecified atom stereocenters. The van der Waals surface area contributed by atoms with Crippen molar-refractivity contribution in [3.8, 4) is 5.75 Å². The van der Waals surface area contributed by atoms with Crippen LogP contribution in [0.1, 0.15) is 12.5 Å². The number of nitrogen functional groups attached to an aromatic ring is 1. The number of phenols is 1. The molecule has 0 aliphatic heterocycles. The minimum atomic E-state index is -0.440. The summed E-state index contributed by atoms with van der Waals surface area (Å²) in [5.74, 6) is -0.597. The number of esters is 1. The largest absolute Gasteiger partial charge is 0.504 e. The zero-order valence-corrected chi connectivity index (χ0v) is 9.49. The third-order valence-corrected chi connectivity index (χ3v) is 2.10. The molecule has 86 valence electrons. The first kappa shape index (κ1) is 12.4. The predicted octanol–water partition coefficient (Wildman–Crippen LogP) is 2.20. The number of carbonyl (C=O) groups is 1. The van der Waals surface area contributed by atoms with Crippen molar-refractivity contribution in [2.75, 3.05) is 12.3 Å². The van der Waals surface area contributed by atoms with Gasteiger partial charge < -0.3 is 15.6 Å². The van der Waals surface area contributed by atoms with Gasteiger partial charge in [-0.25, -0.2) is 4.79 Å². The second-order valence-electron chi connectivity index (χ2n) is 3.03. The van der Waals surface area contributed by atoms with Crippen molar-refractivity contribution in [2.45, 2.75) is 6.92 Å². The number of hydrogen-bond acceptors (Lipinski definition) is 4. The molecule has 0 aromatic heterocycles. The van der Waals surface area contributed by atoms with Crippen molar-refractivity contribution in [2.24, 2.45) is 0 Å². The molecule has 0 amide bonds. The molecule has 16 heavy (non-hydrogen) atoms. The maximum absolute atomic E-state index is 11.0. The summed E-state index contributed by atoms with van der Waals surface area (Å²) in [4.78, 5) is 11.0. The third kappa shape index (κ3) is 3.17. The molecule has 0 bridgehead atoms. The smallest absolute Gasteiger partial charge is 0.330 e. The summed E-state index contributed by atoms with van der Waals surface area (Å²) in [5.41, 5.74) is 6.28. The van der Waals surface area contributed by atoms with Crippen LogP contribution < -0.4 is 5.73 Å². The van der Waals surface area contributed by atoms with E-state index in [4.69, 9.17) is 22.1 Å². The number of anilines is 1. The Morgan fingerprint density at radius 1 is 1.62 bits per heavy atom. The number of nitrogens with two attached hydrogens (primary N) is 1. The molecule has 0 fully saturated rings. The van der Waals surface area contributed by atoms with Crippen molar-refractivity contribution in [3.05, 3.63) is 28.8 Å². The maximum Gasteiger partial charge on any atom is 0.330 e. The van der Waals surface area contributed by atoms with Gasteiger partial charge in [-0.2, -0.15) is 0 Å². The van der Waals surface area contributed by atoms with Crippen LogP contribution in [0.5, 0.6) is 5.75 Å². The lowest BCUT2D eigenvalue weighted by Gasteiger charge is -2.02. The highest BCUT2D eigenvalue weighted by atomic mass is 35.5. The van der Waals surface area contributed by atoms with E-state index in [9.17, 15) is 9.90 Å². The van der Waals surface area contributed by atoms with E-state index in [1.165, 1.54) is 24.3 Å². The molecule has 0 saturated heterocycles. The Labute approximate surface area is 98.3 Å². The summed E-state index contributed by atoms with van der Waals surface area (Å²) in [5, 5.41) is 9.46. The Bertz CT molecular complexity index is 406. The molecule has 1 aromatic carbocycles. The van der Waals surface area contributed by atoms with Crippen molar-refractivity contribution in [1.82, 2.24) is 0 Å². The summed E-state index contributed by atoms with van der Waals surface area (Å²) in [6.45, 7) is 2.04. The van der Waals surface area contributed by atoms with Crippen LogP contribution in [-0.4, -0.2) is 17.7 Å². The molecule has 0 spiro atoms. The van der Waals surface area contributed by atoms with E-state index in [1.54, 1.807) is 6.92 Å². The average molecular weight is 242 g/mol. The van der Waals surface area contributed by atoms with E-state index in [-0.39, 0.29) is 16.5 Å². The Kier molecular flexibility index (Phi) is 4.19. The van der Waals surface area contributed by atoms with Gasteiger partial charge >= 0.3 is 5.97 Å². The zero-order chi connectivity index (χ0) is 12.1. The zero-order valence-electron chi connectivity index (χ0n) is 8.74. The van der Waals surface area contributed by atoms with Crippen LogP contribution >= 0.6 is 11.6 Å². The maximum atomic E-state index is 11.0. The van der Waals surface area contributed by atoms with Gasteiger partial charge in [-0.15, -0.1) is 0 Å². The molecule has 0 aliphatic carbocycles. The molecular formula is C11H12ClNO3. The molecule has 4 nitrogen and oxygen atoms in total. The SMILES string of the molecule is CCOC(=O)/C=C/c1cc(N)c(O)c(Cl)c1. The molecule has 0 aliphatic rings. The fourth-order valence-corrected chi connectivity index (χ4v) is 1.33. The highest BCUT2D eigenvalue weighted by Gasteiger charge is 2.04. The number of benzene rings is 1. The van der Waals surface area contributed by atoms with Gasteiger partial charge in [0.1, 0.15) is 0 Å². The van der Waals surface area contributed by atoms with Crippen LogP contribution in [0.4, 0.5) is 5.69 Å². The number of hydrogen-bond donors (Lipinski definition) is 2. The fourth-order valence-electron chi connectivity index (χ4n) is 1.09. The van der Waals surface area contributed by atoms with Gasteiger partial charge in [0.05, 0.1) is 17.3 Å². The van der Waals surface area contributed by atoms with Gasteiger partial charge in [-0.3, -0.25) is 0 Å². The molecular weight excluding hydrogens is 230 g/mol. The van der Waals surface area contributed by atoms with Crippen molar-refractivity contribution >= 4 is 29.3 Å². The first-order valence-electron chi connectivity index (χ1n) is 4.67. The molecule has 1 rings (SSSR count). The number of aromatic hydroxyl groups is 1. The quantitative estimate of drug-likeness (QED) is 0.368. The van der Waals surface area contributed by atoms with Crippen molar-refractivity contribution in [1.29, 1.82) is 0 Å². The van der Waals surface area contributed by atoms with Crippen LogP contribution in [0.15, 0.2) is 18.2 Å². The molecule has 1 aromatic rings. The highest BCUT2D eigenvalue weighted by Crippen LogP contribution is 2.31. The van der Waals surface area contributed by atoms with E-state index in [0.717, 1.165) is 0 Å². The Hall–Kier alpha value is -1.68. The predicted molar refractivity (Wildman–Crippen MR) is 63.2 cm³/mol. The second-order valence-corrected chi connectivity index (χ2v) is 3.43. The molecule has 0 radical (unpaired) electrons. The van der Waals surface area contributed by atoms with Crippen LogP contribution in [-0.2, 0) is 9.53 Å². The summed E-state index contributed by atoms with van der Waals surface area (Å²) in [6, 6.07) is 3.01. The Balaban J connectivity index is 2.86. The minimum absolute atomic E-state index is 0.142. The van der Waals surface area contributed by atoms with Crippen molar-refractivity contribution < 1.29 is 14.6 Å².